The van der Waals surface area contributed by atoms with E-state index in [-0.39, 0.29) is 24.2 Å². The Balaban J connectivity index is 0.00000400. The molecule has 0 aliphatic carbocycles. The maximum absolute atomic E-state index is 12.2. The fourth-order valence-electron chi connectivity index (χ4n) is 1.84. The van der Waals surface area contributed by atoms with Crippen molar-refractivity contribution in [1.82, 2.24) is 4.90 Å². The van der Waals surface area contributed by atoms with Crippen molar-refractivity contribution in [3.8, 4) is 0 Å². The molecule has 0 aromatic heterocycles. The monoisotopic (exact) mass is 313 g/mol. The van der Waals surface area contributed by atoms with Crippen molar-refractivity contribution in [2.45, 2.75) is 33.2 Å². The van der Waals surface area contributed by atoms with Crippen LogP contribution >= 0.6 is 12.4 Å². The molecule has 0 aliphatic rings. The molecule has 0 bridgehead atoms. The van der Waals surface area contributed by atoms with Crippen molar-refractivity contribution in [3.05, 3.63) is 29.8 Å². The summed E-state index contributed by atoms with van der Waals surface area (Å²) in [4.78, 5) is 25.7. The molecule has 1 rings (SSSR count). The van der Waals surface area contributed by atoms with Gasteiger partial charge in [-0.15, -0.1) is 12.4 Å². The van der Waals surface area contributed by atoms with Gasteiger partial charge >= 0.3 is 0 Å². The van der Waals surface area contributed by atoms with Gasteiger partial charge < -0.3 is 16.0 Å². The number of carbonyl (C=O) groups excluding carboxylic acids is 2. The van der Waals surface area contributed by atoms with Gasteiger partial charge in [0.05, 0.1) is 6.04 Å². The van der Waals surface area contributed by atoms with Crippen LogP contribution in [0.2, 0.25) is 0 Å². The lowest BCUT2D eigenvalue weighted by molar-refractivity contribution is -0.117. The molecule has 0 heterocycles. The average Bonchev–Trinajstić information content (AvgIpc) is 2.47. The quantitative estimate of drug-likeness (QED) is 0.846. The second-order valence-corrected chi connectivity index (χ2v) is 4.56. The molecule has 6 heteroatoms. The summed E-state index contributed by atoms with van der Waals surface area (Å²) in [7, 11) is 0. The zero-order chi connectivity index (χ0) is 15.1. The molecule has 0 fully saturated rings. The van der Waals surface area contributed by atoms with Gasteiger partial charge in [0.1, 0.15) is 0 Å². The van der Waals surface area contributed by atoms with Gasteiger partial charge in [0.2, 0.25) is 5.91 Å². The highest BCUT2D eigenvalue weighted by atomic mass is 35.5. The molecule has 0 spiro atoms. The van der Waals surface area contributed by atoms with Gasteiger partial charge in [-0.25, -0.2) is 0 Å². The first-order valence-corrected chi connectivity index (χ1v) is 6.99. The Morgan fingerprint density at radius 1 is 1.24 bits per heavy atom. The van der Waals surface area contributed by atoms with Crippen LogP contribution < -0.4 is 11.1 Å². The van der Waals surface area contributed by atoms with E-state index in [9.17, 15) is 9.59 Å². The number of halogens is 1. The predicted molar refractivity (Wildman–Crippen MR) is 87.8 cm³/mol. The van der Waals surface area contributed by atoms with Crippen LogP contribution in [0, 0.1) is 0 Å². The van der Waals surface area contributed by atoms with Crippen LogP contribution in [0.5, 0.6) is 0 Å². The van der Waals surface area contributed by atoms with Gasteiger partial charge in [0, 0.05) is 24.3 Å². The highest BCUT2D eigenvalue weighted by molar-refractivity contribution is 5.98. The largest absolute Gasteiger partial charge is 0.339 e. The van der Waals surface area contributed by atoms with Crippen molar-refractivity contribution in [2.24, 2.45) is 5.73 Å². The summed E-state index contributed by atoms with van der Waals surface area (Å²) in [6.07, 6.45) is 0.573. The topological polar surface area (TPSA) is 75.4 Å². The lowest BCUT2D eigenvalue weighted by Gasteiger charge is -2.19. The number of nitrogens with zero attached hydrogens (tertiary/aromatic N) is 1. The first kappa shape index (κ1) is 19.4. The third kappa shape index (κ3) is 5.36. The molecule has 21 heavy (non-hydrogen) atoms. The minimum atomic E-state index is -0.530. The summed E-state index contributed by atoms with van der Waals surface area (Å²) in [6.45, 7) is 7.05. The van der Waals surface area contributed by atoms with E-state index in [0.717, 1.165) is 0 Å². The number of amides is 2. The number of hydrogen-bond acceptors (Lipinski definition) is 3. The van der Waals surface area contributed by atoms with E-state index in [4.69, 9.17) is 5.73 Å². The fraction of sp³-hybridized carbons (Fsp3) is 0.467. The Morgan fingerprint density at radius 2 is 1.86 bits per heavy atom. The Kier molecular flexibility index (Phi) is 8.66. The van der Waals surface area contributed by atoms with Gasteiger partial charge in [0.15, 0.2) is 0 Å². The maximum Gasteiger partial charge on any atom is 0.253 e. The lowest BCUT2D eigenvalue weighted by Crippen LogP contribution is -2.35. The van der Waals surface area contributed by atoms with E-state index in [2.05, 4.69) is 5.32 Å². The number of nitrogens with one attached hydrogen (secondary N) is 1. The first-order chi connectivity index (χ1) is 9.53. The molecule has 0 aliphatic heterocycles. The fourth-order valence-corrected chi connectivity index (χ4v) is 1.84. The molecule has 2 amide bonds. The number of nitrogens with two attached hydrogens (primary N) is 1. The van der Waals surface area contributed by atoms with Gasteiger partial charge in [0.25, 0.3) is 5.91 Å². The average molecular weight is 314 g/mol. The highest BCUT2D eigenvalue weighted by Gasteiger charge is 2.14. The Hall–Kier alpha value is -1.59. The Morgan fingerprint density at radius 3 is 2.38 bits per heavy atom. The number of benzene rings is 1. The SMILES string of the molecule is CC[C@H](N)C(=O)Nc1cccc(C(=O)N(CC)CC)c1.Cl. The van der Waals surface area contributed by atoms with E-state index >= 15 is 0 Å². The molecule has 0 unspecified atom stereocenters. The van der Waals surface area contributed by atoms with Crippen molar-refractivity contribution < 1.29 is 9.59 Å². The third-order valence-corrected chi connectivity index (χ3v) is 3.20. The molecular weight excluding hydrogens is 290 g/mol. The Bertz CT molecular complexity index is 476. The molecule has 3 N–H and O–H groups in total. The van der Waals surface area contributed by atoms with Gasteiger partial charge in [-0.05, 0) is 38.5 Å². The second kappa shape index (κ2) is 9.37. The van der Waals surface area contributed by atoms with E-state index in [0.29, 0.717) is 30.8 Å². The van der Waals surface area contributed by atoms with Crippen LogP contribution in [0.4, 0.5) is 5.69 Å². The number of hydrogen-bond donors (Lipinski definition) is 2. The molecular formula is C15H24ClN3O2. The highest BCUT2D eigenvalue weighted by Crippen LogP contribution is 2.13. The molecule has 0 saturated heterocycles. The zero-order valence-corrected chi connectivity index (χ0v) is 13.6. The lowest BCUT2D eigenvalue weighted by atomic mass is 10.1. The Labute approximate surface area is 132 Å². The van der Waals surface area contributed by atoms with Crippen molar-refractivity contribution in [1.29, 1.82) is 0 Å². The maximum atomic E-state index is 12.2. The van der Waals surface area contributed by atoms with Crippen molar-refractivity contribution >= 4 is 29.9 Å². The molecule has 1 atom stereocenters. The standard InChI is InChI=1S/C15H23N3O2.ClH/c1-4-13(16)14(19)17-12-9-7-8-11(10-12)15(20)18(5-2)6-3;/h7-10,13H,4-6,16H2,1-3H3,(H,17,19);1H/t13-;/m0./s1. The second-order valence-electron chi connectivity index (χ2n) is 4.56. The smallest absolute Gasteiger partial charge is 0.253 e. The summed E-state index contributed by atoms with van der Waals surface area (Å²) in [5.41, 5.74) is 6.83. The summed E-state index contributed by atoms with van der Waals surface area (Å²) in [5, 5.41) is 2.73. The summed E-state index contributed by atoms with van der Waals surface area (Å²) >= 11 is 0. The summed E-state index contributed by atoms with van der Waals surface area (Å²) in [5.74, 6) is -0.272. The van der Waals surface area contributed by atoms with Crippen molar-refractivity contribution in [2.75, 3.05) is 18.4 Å². The van der Waals surface area contributed by atoms with Gasteiger partial charge in [-0.2, -0.15) is 0 Å². The molecule has 5 nitrogen and oxygen atoms in total. The van der Waals surface area contributed by atoms with Crippen LogP contribution in [0.25, 0.3) is 0 Å². The van der Waals surface area contributed by atoms with Crippen LogP contribution in [0.3, 0.4) is 0 Å². The predicted octanol–water partition coefficient (Wildman–Crippen LogP) is 2.27. The van der Waals surface area contributed by atoms with E-state index in [1.54, 1.807) is 29.2 Å². The van der Waals surface area contributed by atoms with Crippen LogP contribution in [-0.2, 0) is 4.79 Å². The minimum absolute atomic E-state index is 0. The van der Waals surface area contributed by atoms with Gasteiger partial charge in [-0.1, -0.05) is 13.0 Å². The normalized spacial score (nSPS) is 11.2. The van der Waals surface area contributed by atoms with Crippen LogP contribution in [0.1, 0.15) is 37.6 Å². The molecule has 0 radical (unpaired) electrons. The number of carbonyl (C=O) groups is 2. The summed E-state index contributed by atoms with van der Waals surface area (Å²) < 4.78 is 0. The van der Waals surface area contributed by atoms with Gasteiger partial charge in [-0.3, -0.25) is 9.59 Å². The molecule has 1 aromatic carbocycles. The minimum Gasteiger partial charge on any atom is -0.339 e. The molecule has 0 saturated carbocycles. The number of anilines is 1. The van der Waals surface area contributed by atoms with Crippen LogP contribution in [-0.4, -0.2) is 35.8 Å². The molecule has 118 valence electrons. The summed E-state index contributed by atoms with van der Waals surface area (Å²) in [6, 6.07) is 6.40. The van der Waals surface area contributed by atoms with E-state index in [1.165, 1.54) is 0 Å². The molecule has 1 aromatic rings. The van der Waals surface area contributed by atoms with E-state index < -0.39 is 6.04 Å². The first-order valence-electron chi connectivity index (χ1n) is 6.99. The van der Waals surface area contributed by atoms with E-state index in [1.807, 2.05) is 20.8 Å². The van der Waals surface area contributed by atoms with Crippen LogP contribution in [0.15, 0.2) is 24.3 Å². The third-order valence-electron chi connectivity index (χ3n) is 3.20. The number of rotatable bonds is 6. The van der Waals surface area contributed by atoms with Crippen molar-refractivity contribution in [3.63, 3.8) is 0 Å². The zero-order valence-electron chi connectivity index (χ0n) is 12.8.